The lowest BCUT2D eigenvalue weighted by atomic mass is 10.1. The number of carbonyl (C=O) groups is 2. The molecule has 0 bridgehead atoms. The number of nitrogens with one attached hydrogen (secondary N) is 2. The van der Waals surface area contributed by atoms with Crippen LogP contribution in [-0.2, 0) is 4.79 Å². The molecule has 2 aromatic rings. The van der Waals surface area contributed by atoms with Gasteiger partial charge in [-0.15, -0.1) is 5.10 Å². The number of benzene rings is 1. The van der Waals surface area contributed by atoms with E-state index in [0.29, 0.717) is 29.1 Å². The zero-order valence-corrected chi connectivity index (χ0v) is 15.7. The van der Waals surface area contributed by atoms with Crippen LogP contribution in [0.5, 0.6) is 5.75 Å². The van der Waals surface area contributed by atoms with Crippen LogP contribution in [0.1, 0.15) is 20.3 Å². The van der Waals surface area contributed by atoms with Crippen LogP contribution in [0.4, 0.5) is 4.79 Å². The molecule has 0 radical (unpaired) electrons. The van der Waals surface area contributed by atoms with Gasteiger partial charge < -0.3 is 10.1 Å². The van der Waals surface area contributed by atoms with Crippen LogP contribution in [-0.4, -0.2) is 51.6 Å². The Hall–Kier alpha value is -2.62. The van der Waals surface area contributed by atoms with E-state index in [0.717, 1.165) is 18.2 Å². The number of thioether (sulfide) groups is 1. The van der Waals surface area contributed by atoms with Crippen molar-refractivity contribution in [3.8, 4) is 11.4 Å². The lowest BCUT2D eigenvalue weighted by Gasteiger charge is -2.09. The molecule has 0 saturated heterocycles. The third-order valence-corrected chi connectivity index (χ3v) is 4.27. The van der Waals surface area contributed by atoms with E-state index in [4.69, 9.17) is 4.74 Å². The normalized spacial score (nSPS) is 10.6. The molecule has 2 N–H and O–H groups in total. The highest BCUT2D eigenvalue weighted by Gasteiger charge is 2.15. The molecule has 0 spiro atoms. The van der Waals surface area contributed by atoms with Gasteiger partial charge in [0.2, 0.25) is 11.1 Å². The van der Waals surface area contributed by atoms with E-state index in [9.17, 15) is 9.59 Å². The first-order valence-electron chi connectivity index (χ1n) is 8.13. The van der Waals surface area contributed by atoms with Gasteiger partial charge in [-0.1, -0.05) is 37.7 Å². The second kappa shape index (κ2) is 9.76. The molecular weight excluding hydrogens is 356 g/mol. The molecule has 0 fully saturated rings. The maximum atomic E-state index is 11.9. The number of carbonyl (C=O) groups excluding carboxylic acids is 2. The second-order valence-corrected chi connectivity index (χ2v) is 6.76. The summed E-state index contributed by atoms with van der Waals surface area (Å²) in [4.78, 5) is 23.6. The summed E-state index contributed by atoms with van der Waals surface area (Å²) in [5.41, 5.74) is 0.661. The van der Waals surface area contributed by atoms with Crippen molar-refractivity contribution in [2.45, 2.75) is 25.4 Å². The molecule has 10 heteroatoms. The van der Waals surface area contributed by atoms with Gasteiger partial charge in [0, 0.05) is 6.54 Å². The predicted octanol–water partition coefficient (Wildman–Crippen LogP) is 1.63. The first kappa shape index (κ1) is 19.7. The van der Waals surface area contributed by atoms with Crippen molar-refractivity contribution in [2.24, 2.45) is 5.92 Å². The monoisotopic (exact) mass is 378 g/mol. The fourth-order valence-corrected chi connectivity index (χ4v) is 2.72. The molecule has 26 heavy (non-hydrogen) atoms. The molecular formula is C16H22N6O3S. The minimum atomic E-state index is -0.499. The Morgan fingerprint density at radius 1 is 1.31 bits per heavy atom. The molecule has 0 aliphatic heterocycles. The number of amides is 3. The molecule has 1 aromatic carbocycles. The van der Waals surface area contributed by atoms with Crippen molar-refractivity contribution < 1.29 is 14.3 Å². The van der Waals surface area contributed by atoms with Crippen LogP contribution in [0.25, 0.3) is 5.69 Å². The van der Waals surface area contributed by atoms with Gasteiger partial charge in [0.05, 0.1) is 12.9 Å². The van der Waals surface area contributed by atoms with E-state index in [1.807, 2.05) is 18.2 Å². The second-order valence-electron chi connectivity index (χ2n) is 5.82. The van der Waals surface area contributed by atoms with Crippen LogP contribution in [0.15, 0.2) is 29.4 Å². The number of hydrogen-bond acceptors (Lipinski definition) is 7. The molecule has 140 valence electrons. The van der Waals surface area contributed by atoms with Crippen molar-refractivity contribution in [1.82, 2.24) is 30.8 Å². The number of para-hydroxylation sites is 2. The number of tetrazole rings is 1. The minimum Gasteiger partial charge on any atom is -0.494 e. The van der Waals surface area contributed by atoms with E-state index >= 15 is 0 Å². The van der Waals surface area contributed by atoms with Crippen LogP contribution in [0.3, 0.4) is 0 Å². The van der Waals surface area contributed by atoms with Crippen molar-refractivity contribution >= 4 is 23.7 Å². The number of imide groups is 1. The van der Waals surface area contributed by atoms with Crippen molar-refractivity contribution in [3.05, 3.63) is 24.3 Å². The van der Waals surface area contributed by atoms with Gasteiger partial charge in [0.25, 0.3) is 0 Å². The first-order valence-corrected chi connectivity index (χ1v) is 9.12. The van der Waals surface area contributed by atoms with Gasteiger partial charge in [0.15, 0.2) is 0 Å². The third-order valence-electron chi connectivity index (χ3n) is 3.35. The van der Waals surface area contributed by atoms with Gasteiger partial charge in [0.1, 0.15) is 11.4 Å². The summed E-state index contributed by atoms with van der Waals surface area (Å²) < 4.78 is 6.78. The topological polar surface area (TPSA) is 111 Å². The average molecular weight is 378 g/mol. The Balaban J connectivity index is 1.90. The number of hydrogen-bond donors (Lipinski definition) is 2. The van der Waals surface area contributed by atoms with Gasteiger partial charge in [-0.25, -0.2) is 4.79 Å². The molecule has 1 aromatic heterocycles. The quantitative estimate of drug-likeness (QED) is 0.672. The summed E-state index contributed by atoms with van der Waals surface area (Å²) >= 11 is 1.13. The Morgan fingerprint density at radius 2 is 2.08 bits per heavy atom. The highest BCUT2D eigenvalue weighted by Crippen LogP contribution is 2.25. The molecule has 9 nitrogen and oxygen atoms in total. The summed E-state index contributed by atoms with van der Waals surface area (Å²) in [6, 6.07) is 6.77. The van der Waals surface area contributed by atoms with Crippen LogP contribution in [0.2, 0.25) is 0 Å². The Morgan fingerprint density at radius 3 is 2.81 bits per heavy atom. The van der Waals surface area contributed by atoms with Crippen molar-refractivity contribution in [3.63, 3.8) is 0 Å². The van der Waals surface area contributed by atoms with Crippen LogP contribution < -0.4 is 15.4 Å². The lowest BCUT2D eigenvalue weighted by molar-refractivity contribution is -0.117. The van der Waals surface area contributed by atoms with E-state index in [-0.39, 0.29) is 5.75 Å². The zero-order chi connectivity index (χ0) is 18.9. The molecule has 0 aliphatic carbocycles. The average Bonchev–Trinajstić information content (AvgIpc) is 3.08. The first-order chi connectivity index (χ1) is 12.5. The van der Waals surface area contributed by atoms with Crippen molar-refractivity contribution in [2.75, 3.05) is 19.4 Å². The predicted molar refractivity (Wildman–Crippen MR) is 97.4 cm³/mol. The summed E-state index contributed by atoms with van der Waals surface area (Å²) in [5.74, 6) is 0.672. The fraction of sp³-hybridized carbons (Fsp3) is 0.438. The third kappa shape index (κ3) is 5.73. The number of urea groups is 1. The number of nitrogens with zero attached hydrogens (tertiary/aromatic N) is 4. The molecule has 0 atom stereocenters. The summed E-state index contributed by atoms with van der Waals surface area (Å²) in [6.45, 7) is 4.65. The number of ether oxygens (including phenoxy) is 1. The van der Waals surface area contributed by atoms with Gasteiger partial charge >= 0.3 is 6.03 Å². The molecule has 0 aliphatic rings. The zero-order valence-electron chi connectivity index (χ0n) is 14.9. The molecule has 0 unspecified atom stereocenters. The highest BCUT2D eigenvalue weighted by atomic mass is 32.2. The number of rotatable bonds is 8. The summed E-state index contributed by atoms with van der Waals surface area (Å²) in [6.07, 6.45) is 0.851. The van der Waals surface area contributed by atoms with Crippen LogP contribution >= 0.6 is 11.8 Å². The number of methoxy groups -OCH3 is 1. The smallest absolute Gasteiger partial charge is 0.321 e. The largest absolute Gasteiger partial charge is 0.494 e. The van der Waals surface area contributed by atoms with Gasteiger partial charge in [-0.3, -0.25) is 10.1 Å². The van der Waals surface area contributed by atoms with E-state index < -0.39 is 11.9 Å². The fourth-order valence-electron chi connectivity index (χ4n) is 2.04. The maximum absolute atomic E-state index is 11.9. The highest BCUT2D eigenvalue weighted by molar-refractivity contribution is 7.99. The molecule has 1 heterocycles. The maximum Gasteiger partial charge on any atom is 0.321 e. The molecule has 2 rings (SSSR count). The van der Waals surface area contributed by atoms with Crippen LogP contribution in [0, 0.1) is 5.92 Å². The van der Waals surface area contributed by atoms with Crippen molar-refractivity contribution in [1.29, 1.82) is 0 Å². The van der Waals surface area contributed by atoms with E-state index in [1.54, 1.807) is 13.2 Å². The van der Waals surface area contributed by atoms with E-state index in [2.05, 4.69) is 40.0 Å². The molecule has 3 amide bonds. The summed E-state index contributed by atoms with van der Waals surface area (Å²) in [5, 5.41) is 16.9. The summed E-state index contributed by atoms with van der Waals surface area (Å²) in [7, 11) is 1.56. The van der Waals surface area contributed by atoms with Gasteiger partial charge in [-0.2, -0.15) is 4.68 Å². The lowest BCUT2D eigenvalue weighted by Crippen LogP contribution is -2.40. The SMILES string of the molecule is COc1ccccc1-n1nnnc1SCC(=O)NC(=O)NCCC(C)C. The number of aromatic nitrogens is 4. The Kier molecular flexibility index (Phi) is 7.39. The minimum absolute atomic E-state index is 0.00707. The standard InChI is InChI=1S/C16H22N6O3S/c1-11(2)8-9-17-15(24)18-14(23)10-26-16-19-20-21-22(16)12-6-4-5-7-13(12)25-3/h4-7,11H,8-10H2,1-3H3,(H2,17,18,23,24). The van der Waals surface area contributed by atoms with E-state index in [1.165, 1.54) is 4.68 Å². The molecule has 0 saturated carbocycles. The Labute approximate surface area is 155 Å². The van der Waals surface area contributed by atoms with Gasteiger partial charge in [-0.05, 0) is 34.9 Å². The Bertz CT molecular complexity index is 749.